The molecule has 0 atom stereocenters. The highest BCUT2D eigenvalue weighted by Gasteiger charge is 2.28. The Labute approximate surface area is 239 Å². The van der Waals surface area contributed by atoms with Gasteiger partial charge in [-0.25, -0.2) is 9.97 Å². The van der Waals surface area contributed by atoms with Gasteiger partial charge in [0.2, 0.25) is 0 Å². The van der Waals surface area contributed by atoms with Gasteiger partial charge in [0.25, 0.3) is 0 Å². The lowest BCUT2D eigenvalue weighted by molar-refractivity contribution is 0.421. The number of allylic oxidation sites excluding steroid dienone is 6. The van der Waals surface area contributed by atoms with E-state index in [0.29, 0.717) is 11.7 Å². The Morgan fingerprint density at radius 1 is 1.07 bits per heavy atom. The Morgan fingerprint density at radius 2 is 1.80 bits per heavy atom. The van der Waals surface area contributed by atoms with Crippen molar-refractivity contribution in [1.29, 1.82) is 0 Å². The first kappa shape index (κ1) is 27.9. The third-order valence-corrected chi connectivity index (χ3v) is 8.87. The number of benzene rings is 1. The SMILES string of the molecule is C=N/C(C)=C(/C=C(\C)C(C)(C)c1ccccc1)C(=C/C)\c1nc(N2CCNCC2)c2c(C3CCC3)cncc2n1. The molecule has 1 N–H and O–H groups in total. The third-order valence-electron chi connectivity index (χ3n) is 8.87. The van der Waals surface area contributed by atoms with Gasteiger partial charge in [-0.3, -0.25) is 9.98 Å². The maximum atomic E-state index is 5.33. The van der Waals surface area contributed by atoms with E-state index in [1.54, 1.807) is 0 Å². The molecule has 6 heteroatoms. The number of fused-ring (bicyclic) bond motifs is 1. The van der Waals surface area contributed by atoms with Crippen molar-refractivity contribution in [3.63, 3.8) is 0 Å². The molecule has 1 aromatic carbocycles. The highest BCUT2D eigenvalue weighted by atomic mass is 15.2. The van der Waals surface area contributed by atoms with Gasteiger partial charge in [0.05, 0.1) is 11.7 Å². The molecule has 1 aliphatic heterocycles. The van der Waals surface area contributed by atoms with E-state index in [1.807, 2.05) is 19.3 Å². The van der Waals surface area contributed by atoms with Crippen LogP contribution < -0.4 is 10.2 Å². The highest BCUT2D eigenvalue weighted by Crippen LogP contribution is 2.42. The van der Waals surface area contributed by atoms with E-state index in [1.165, 1.54) is 41.3 Å². The first-order valence-electron chi connectivity index (χ1n) is 14.6. The molecular formula is C34H42N6. The minimum atomic E-state index is -0.162. The number of nitrogens with zero attached hydrogens (tertiary/aromatic N) is 5. The van der Waals surface area contributed by atoms with Gasteiger partial charge in [-0.05, 0) is 57.4 Å². The maximum absolute atomic E-state index is 5.33. The standard InChI is InChI=1S/C34H42N6/c1-7-27(28(24(3)35-6)20-23(2)34(4,5)26-14-9-8-10-15-26)32-38-30-22-37-21-29(25-12-11-13-25)31(30)33(39-32)40-18-16-36-17-19-40/h7-10,14-15,20-22,25,36H,6,11-13,16-19H2,1-5H3/b23-20+,27-7+,28-24-. The summed E-state index contributed by atoms with van der Waals surface area (Å²) >= 11 is 0. The molecule has 2 aromatic heterocycles. The zero-order valence-electron chi connectivity index (χ0n) is 24.7. The number of hydrogen-bond acceptors (Lipinski definition) is 6. The summed E-state index contributed by atoms with van der Waals surface area (Å²) in [5.41, 5.74) is 7.35. The van der Waals surface area contributed by atoms with Gasteiger partial charge in [-0.2, -0.15) is 0 Å². The van der Waals surface area contributed by atoms with Gasteiger partial charge in [0.1, 0.15) is 5.82 Å². The van der Waals surface area contributed by atoms with Gasteiger partial charge in [0, 0.05) is 60.0 Å². The van der Waals surface area contributed by atoms with Crippen molar-refractivity contribution < 1.29 is 0 Å². The van der Waals surface area contributed by atoms with Crippen LogP contribution in [0.15, 0.2) is 76.7 Å². The van der Waals surface area contributed by atoms with E-state index < -0.39 is 0 Å². The second-order valence-corrected chi connectivity index (χ2v) is 11.5. The van der Waals surface area contributed by atoms with Gasteiger partial charge >= 0.3 is 0 Å². The minimum absolute atomic E-state index is 0.162. The molecule has 3 heterocycles. The Bertz CT molecular complexity index is 1470. The second kappa shape index (κ2) is 11.8. The number of anilines is 1. The quantitative estimate of drug-likeness (QED) is 0.249. The topological polar surface area (TPSA) is 66.3 Å². The van der Waals surface area contributed by atoms with Crippen LogP contribution in [0.2, 0.25) is 0 Å². The normalized spacial score (nSPS) is 18.0. The number of piperazine rings is 1. The summed E-state index contributed by atoms with van der Waals surface area (Å²) in [5.74, 6) is 2.27. The zero-order chi connectivity index (χ0) is 28.3. The average Bonchev–Trinajstić information content (AvgIpc) is 2.96. The van der Waals surface area contributed by atoms with Crippen LogP contribution in [0.3, 0.4) is 0 Å². The largest absolute Gasteiger partial charge is 0.353 e. The minimum Gasteiger partial charge on any atom is -0.353 e. The van der Waals surface area contributed by atoms with E-state index >= 15 is 0 Å². The molecular weight excluding hydrogens is 492 g/mol. The molecule has 0 spiro atoms. The summed E-state index contributed by atoms with van der Waals surface area (Å²) in [4.78, 5) is 21.9. The molecule has 208 valence electrons. The molecule has 2 aliphatic rings. The zero-order valence-corrected chi connectivity index (χ0v) is 24.7. The van der Waals surface area contributed by atoms with Crippen molar-refractivity contribution in [3.05, 3.63) is 88.7 Å². The van der Waals surface area contributed by atoms with Crippen molar-refractivity contribution in [2.45, 2.75) is 65.2 Å². The summed E-state index contributed by atoms with van der Waals surface area (Å²) < 4.78 is 0. The molecule has 0 unspecified atom stereocenters. The van der Waals surface area contributed by atoms with Crippen LogP contribution in [0.1, 0.15) is 76.8 Å². The second-order valence-electron chi connectivity index (χ2n) is 11.5. The van der Waals surface area contributed by atoms with Crippen LogP contribution in [0.25, 0.3) is 16.5 Å². The highest BCUT2D eigenvalue weighted by molar-refractivity contribution is 5.94. The number of aromatic nitrogens is 3. The van der Waals surface area contributed by atoms with Crippen LogP contribution in [0.5, 0.6) is 0 Å². The molecule has 6 nitrogen and oxygen atoms in total. The van der Waals surface area contributed by atoms with E-state index in [2.05, 4.69) is 97.1 Å². The lowest BCUT2D eigenvalue weighted by atomic mass is 9.77. The summed E-state index contributed by atoms with van der Waals surface area (Å²) in [5, 5.41) is 4.66. The molecule has 0 amide bonds. The average molecular weight is 535 g/mol. The van der Waals surface area contributed by atoms with E-state index in [0.717, 1.165) is 54.4 Å². The number of hydrogen-bond donors (Lipinski definition) is 1. The lowest BCUT2D eigenvalue weighted by Crippen LogP contribution is -2.44. The lowest BCUT2D eigenvalue weighted by Gasteiger charge is -2.32. The Kier molecular flexibility index (Phi) is 8.27. The van der Waals surface area contributed by atoms with Crippen LogP contribution in [0, 0.1) is 0 Å². The van der Waals surface area contributed by atoms with E-state index in [4.69, 9.17) is 9.97 Å². The predicted molar refractivity (Wildman–Crippen MR) is 168 cm³/mol. The monoisotopic (exact) mass is 534 g/mol. The summed E-state index contributed by atoms with van der Waals surface area (Å²) in [6.07, 6.45) is 12.0. The molecule has 1 saturated heterocycles. The Hall–Kier alpha value is -3.64. The fourth-order valence-corrected chi connectivity index (χ4v) is 5.69. The number of aliphatic imine (C=N–C) groups is 1. The molecule has 0 bridgehead atoms. The van der Waals surface area contributed by atoms with Gasteiger partial charge in [0.15, 0.2) is 5.82 Å². The molecule has 3 aromatic rings. The fourth-order valence-electron chi connectivity index (χ4n) is 5.69. The first-order valence-corrected chi connectivity index (χ1v) is 14.6. The van der Waals surface area contributed by atoms with Crippen molar-refractivity contribution in [1.82, 2.24) is 20.3 Å². The summed E-state index contributed by atoms with van der Waals surface area (Å²) in [6, 6.07) is 10.6. The number of nitrogens with one attached hydrogen (secondary N) is 1. The summed E-state index contributed by atoms with van der Waals surface area (Å²) in [6.45, 7) is 18.4. The van der Waals surface area contributed by atoms with Crippen molar-refractivity contribution in [2.75, 3.05) is 31.1 Å². The van der Waals surface area contributed by atoms with Gasteiger partial charge in [-0.1, -0.05) is 68.3 Å². The molecule has 2 fully saturated rings. The smallest absolute Gasteiger partial charge is 0.162 e. The first-order chi connectivity index (χ1) is 19.3. The molecule has 0 radical (unpaired) electrons. The van der Waals surface area contributed by atoms with Crippen LogP contribution in [0.4, 0.5) is 5.82 Å². The molecule has 1 saturated carbocycles. The van der Waals surface area contributed by atoms with Crippen molar-refractivity contribution in [3.8, 4) is 0 Å². The maximum Gasteiger partial charge on any atom is 0.162 e. The van der Waals surface area contributed by atoms with Gasteiger partial charge in [-0.15, -0.1) is 0 Å². The predicted octanol–water partition coefficient (Wildman–Crippen LogP) is 7.00. The van der Waals surface area contributed by atoms with E-state index in [9.17, 15) is 0 Å². The summed E-state index contributed by atoms with van der Waals surface area (Å²) in [7, 11) is 0. The van der Waals surface area contributed by atoms with Crippen LogP contribution >= 0.6 is 0 Å². The third kappa shape index (κ3) is 5.37. The van der Waals surface area contributed by atoms with Crippen LogP contribution in [-0.2, 0) is 5.41 Å². The Balaban J connectivity index is 1.66. The Morgan fingerprint density at radius 3 is 2.42 bits per heavy atom. The number of pyridine rings is 1. The van der Waals surface area contributed by atoms with Crippen LogP contribution in [-0.4, -0.2) is 47.8 Å². The van der Waals surface area contributed by atoms with E-state index in [-0.39, 0.29) is 5.41 Å². The van der Waals surface area contributed by atoms with Gasteiger partial charge < -0.3 is 10.2 Å². The van der Waals surface area contributed by atoms with Crippen molar-refractivity contribution in [2.24, 2.45) is 4.99 Å². The molecule has 40 heavy (non-hydrogen) atoms. The molecule has 5 rings (SSSR count). The molecule has 1 aliphatic carbocycles. The fraction of sp³-hybridized carbons (Fsp3) is 0.412. The van der Waals surface area contributed by atoms with Crippen molar-refractivity contribution >= 4 is 29.0 Å². The number of rotatable bonds is 8.